The number of nitrogens with one attached hydrogen (secondary N) is 2. The van der Waals surface area contributed by atoms with E-state index >= 15 is 0 Å². The number of fused-ring (bicyclic) bond motifs is 1. The van der Waals surface area contributed by atoms with Crippen molar-refractivity contribution in [2.75, 3.05) is 38.1 Å². The van der Waals surface area contributed by atoms with Gasteiger partial charge in [-0.2, -0.15) is 0 Å². The highest BCUT2D eigenvalue weighted by atomic mass is 16.6. The number of aliphatic imine (C=N–C) groups is 1. The second-order valence-electron chi connectivity index (χ2n) is 9.55. The number of alkyl carbamates (subject to hydrolysis) is 1. The first kappa shape index (κ1) is 26.0. The van der Waals surface area contributed by atoms with E-state index in [-0.39, 0.29) is 5.91 Å². The summed E-state index contributed by atoms with van der Waals surface area (Å²) in [5.74, 6) is -0.106. The van der Waals surface area contributed by atoms with Crippen molar-refractivity contribution >= 4 is 29.5 Å². The van der Waals surface area contributed by atoms with Crippen molar-refractivity contribution in [3.63, 3.8) is 0 Å². The molecule has 0 bridgehead atoms. The Bertz CT molecular complexity index is 1070. The van der Waals surface area contributed by atoms with Crippen LogP contribution in [0, 0.1) is 0 Å². The van der Waals surface area contributed by atoms with E-state index in [1.165, 1.54) is 5.69 Å². The molecule has 1 aliphatic heterocycles. The van der Waals surface area contributed by atoms with Gasteiger partial charge in [0.1, 0.15) is 5.60 Å². The van der Waals surface area contributed by atoms with Crippen molar-refractivity contribution < 1.29 is 14.3 Å². The molecular weight excluding hydrogens is 440 g/mol. The Morgan fingerprint density at radius 1 is 1.00 bits per heavy atom. The standard InChI is InChI=1S/C28H36N4O3/c1-28(2,3)35-27(34)31-18-8-7-17-30-26(33)22-14-11-21(12-15-22)13-16-24-23-9-5-6-10-25(23)32(4)20-19-29-24/h5-6,9-16H,7-8,17-20H2,1-4H3,(H,30,33)(H,31,34)/b16-13+. The number of benzene rings is 2. The molecule has 1 heterocycles. The lowest BCUT2D eigenvalue weighted by Crippen LogP contribution is -2.33. The molecule has 0 atom stereocenters. The molecule has 0 spiro atoms. The van der Waals surface area contributed by atoms with Gasteiger partial charge in [0, 0.05) is 43.5 Å². The summed E-state index contributed by atoms with van der Waals surface area (Å²) in [5.41, 5.74) is 4.39. The molecule has 7 nitrogen and oxygen atoms in total. The van der Waals surface area contributed by atoms with Crippen molar-refractivity contribution in [3.05, 3.63) is 71.3 Å². The maximum absolute atomic E-state index is 12.4. The lowest BCUT2D eigenvalue weighted by atomic mass is 10.0. The Morgan fingerprint density at radius 2 is 1.69 bits per heavy atom. The van der Waals surface area contributed by atoms with Gasteiger partial charge in [0.2, 0.25) is 0 Å². The second-order valence-corrected chi connectivity index (χ2v) is 9.55. The van der Waals surface area contributed by atoms with Gasteiger partial charge < -0.3 is 20.3 Å². The first-order valence-electron chi connectivity index (χ1n) is 12.1. The van der Waals surface area contributed by atoms with Crippen LogP contribution >= 0.6 is 0 Å². The molecule has 3 rings (SSSR count). The molecule has 0 aliphatic carbocycles. The third-order valence-electron chi connectivity index (χ3n) is 5.47. The van der Waals surface area contributed by atoms with E-state index in [9.17, 15) is 9.59 Å². The third kappa shape index (κ3) is 8.28. The van der Waals surface area contributed by atoms with Crippen LogP contribution in [-0.4, -0.2) is 56.5 Å². The zero-order chi connectivity index (χ0) is 25.3. The van der Waals surface area contributed by atoms with Gasteiger partial charge in [-0.3, -0.25) is 9.79 Å². The fraction of sp³-hybridized carbons (Fsp3) is 0.393. The molecule has 0 aromatic heterocycles. The number of anilines is 1. The molecule has 0 fully saturated rings. The molecule has 2 aromatic rings. The number of rotatable bonds is 8. The van der Waals surface area contributed by atoms with Crippen LogP contribution in [0.5, 0.6) is 0 Å². The smallest absolute Gasteiger partial charge is 0.407 e. The number of hydrogen-bond acceptors (Lipinski definition) is 5. The van der Waals surface area contributed by atoms with Gasteiger partial charge >= 0.3 is 6.09 Å². The van der Waals surface area contributed by atoms with Crippen molar-refractivity contribution in [1.29, 1.82) is 0 Å². The Labute approximate surface area is 208 Å². The molecule has 0 saturated heterocycles. The Kier molecular flexibility index (Phi) is 9.06. The van der Waals surface area contributed by atoms with E-state index < -0.39 is 11.7 Å². The number of benzodiazepines with no additional fused rings is 1. The average molecular weight is 477 g/mol. The Balaban J connectivity index is 1.45. The molecule has 186 valence electrons. The topological polar surface area (TPSA) is 83.0 Å². The number of para-hydroxylation sites is 1. The number of nitrogens with zero attached hydrogens (tertiary/aromatic N) is 2. The van der Waals surface area contributed by atoms with Crippen molar-refractivity contribution in [2.45, 2.75) is 39.2 Å². The van der Waals surface area contributed by atoms with Crippen molar-refractivity contribution in [3.8, 4) is 0 Å². The van der Waals surface area contributed by atoms with Crippen LogP contribution in [0.25, 0.3) is 6.08 Å². The van der Waals surface area contributed by atoms with Crippen LogP contribution in [-0.2, 0) is 4.74 Å². The molecule has 2 amide bonds. The number of ether oxygens (including phenoxy) is 1. The first-order chi connectivity index (χ1) is 16.7. The van der Waals surface area contributed by atoms with Crippen LogP contribution in [0.1, 0.15) is 55.1 Å². The van der Waals surface area contributed by atoms with E-state index in [0.29, 0.717) is 18.7 Å². The van der Waals surface area contributed by atoms with Gasteiger partial charge in [-0.15, -0.1) is 0 Å². The Morgan fingerprint density at radius 3 is 2.40 bits per heavy atom. The van der Waals surface area contributed by atoms with Crippen molar-refractivity contribution in [1.82, 2.24) is 10.6 Å². The van der Waals surface area contributed by atoms with Crippen molar-refractivity contribution in [2.24, 2.45) is 4.99 Å². The summed E-state index contributed by atoms with van der Waals surface area (Å²) in [6.07, 6.45) is 5.17. The van der Waals surface area contributed by atoms with E-state index in [1.807, 2.05) is 69.3 Å². The quantitative estimate of drug-likeness (QED) is 0.542. The van der Waals surface area contributed by atoms with E-state index in [4.69, 9.17) is 9.73 Å². The number of likely N-dealkylation sites (N-methyl/N-ethyl adjacent to an activating group) is 1. The summed E-state index contributed by atoms with van der Waals surface area (Å²) in [5, 5.41) is 5.65. The van der Waals surface area contributed by atoms with Gasteiger partial charge in [0.25, 0.3) is 5.91 Å². The number of carbonyl (C=O) groups is 2. The van der Waals surface area contributed by atoms with Gasteiger partial charge in [-0.1, -0.05) is 36.4 Å². The van der Waals surface area contributed by atoms with Crippen LogP contribution in [0.15, 0.2) is 59.6 Å². The highest BCUT2D eigenvalue weighted by molar-refractivity contribution is 6.14. The SMILES string of the molecule is CN1CCN=C(/C=C/c2ccc(C(=O)NCCCCNC(=O)OC(C)(C)C)cc2)c2ccccc21. The molecule has 2 aromatic carbocycles. The highest BCUT2D eigenvalue weighted by Gasteiger charge is 2.15. The number of carbonyl (C=O) groups excluding carboxylic acids is 2. The summed E-state index contributed by atoms with van der Waals surface area (Å²) in [6, 6.07) is 15.8. The summed E-state index contributed by atoms with van der Waals surface area (Å²) in [6.45, 7) is 8.18. The number of hydrogen-bond donors (Lipinski definition) is 2. The minimum Gasteiger partial charge on any atom is -0.444 e. The predicted octanol–water partition coefficient (Wildman–Crippen LogP) is 4.67. The fourth-order valence-electron chi connectivity index (χ4n) is 3.67. The Hall–Kier alpha value is -3.61. The largest absolute Gasteiger partial charge is 0.444 e. The highest BCUT2D eigenvalue weighted by Crippen LogP contribution is 2.23. The van der Waals surface area contributed by atoms with Crippen LogP contribution in [0.4, 0.5) is 10.5 Å². The van der Waals surface area contributed by atoms with E-state index in [2.05, 4.69) is 34.7 Å². The number of unbranched alkanes of at least 4 members (excludes halogenated alkanes) is 1. The zero-order valence-electron chi connectivity index (χ0n) is 21.1. The van der Waals surface area contributed by atoms with E-state index in [0.717, 1.165) is 42.8 Å². The van der Waals surface area contributed by atoms with Gasteiger partial charge in [0.15, 0.2) is 0 Å². The van der Waals surface area contributed by atoms with Gasteiger partial charge in [-0.05, 0) is 63.5 Å². The maximum atomic E-state index is 12.4. The summed E-state index contributed by atoms with van der Waals surface area (Å²) >= 11 is 0. The molecule has 0 radical (unpaired) electrons. The summed E-state index contributed by atoms with van der Waals surface area (Å²) in [4.78, 5) is 31.0. The monoisotopic (exact) mass is 476 g/mol. The molecular formula is C28H36N4O3. The third-order valence-corrected chi connectivity index (χ3v) is 5.47. The van der Waals surface area contributed by atoms with Crippen LogP contribution in [0.3, 0.4) is 0 Å². The molecule has 35 heavy (non-hydrogen) atoms. The molecule has 7 heteroatoms. The minimum atomic E-state index is -0.505. The summed E-state index contributed by atoms with van der Waals surface area (Å²) in [7, 11) is 2.09. The van der Waals surface area contributed by atoms with E-state index in [1.54, 1.807) is 0 Å². The van der Waals surface area contributed by atoms with Gasteiger partial charge in [-0.25, -0.2) is 4.79 Å². The predicted molar refractivity (Wildman–Crippen MR) is 142 cm³/mol. The molecule has 0 saturated carbocycles. The van der Waals surface area contributed by atoms with Crippen LogP contribution < -0.4 is 15.5 Å². The minimum absolute atomic E-state index is 0.106. The molecule has 2 N–H and O–H groups in total. The van der Waals surface area contributed by atoms with Gasteiger partial charge in [0.05, 0.1) is 12.3 Å². The zero-order valence-corrected chi connectivity index (χ0v) is 21.1. The van der Waals surface area contributed by atoms with Crippen LogP contribution in [0.2, 0.25) is 0 Å². The second kappa shape index (κ2) is 12.2. The summed E-state index contributed by atoms with van der Waals surface area (Å²) < 4.78 is 5.19. The maximum Gasteiger partial charge on any atom is 0.407 e. The normalized spacial score (nSPS) is 13.6. The average Bonchev–Trinajstić information content (AvgIpc) is 2.98. The number of allylic oxidation sites excluding steroid dienone is 1. The lowest BCUT2D eigenvalue weighted by molar-refractivity contribution is 0.0526. The fourth-order valence-corrected chi connectivity index (χ4v) is 3.67. The first-order valence-corrected chi connectivity index (χ1v) is 12.1. The molecule has 1 aliphatic rings. The number of amides is 2. The lowest BCUT2D eigenvalue weighted by Gasteiger charge is -2.19. The molecule has 0 unspecified atom stereocenters.